The lowest BCUT2D eigenvalue weighted by atomic mass is 10.0. The average Bonchev–Trinajstić information content (AvgIpc) is 4.16. The Morgan fingerprint density at radius 3 is 1.78 bits per heavy atom. The third-order valence-corrected chi connectivity index (χ3v) is 12.5. The minimum Gasteiger partial charge on any atom is -0.394 e. The van der Waals surface area contributed by atoms with Crippen molar-refractivity contribution in [1.29, 1.82) is 0 Å². The molecule has 0 aliphatic carbocycles. The van der Waals surface area contributed by atoms with Crippen molar-refractivity contribution in [2.24, 2.45) is 16.5 Å². The molecule has 27 nitrogen and oxygen atoms in total. The summed E-state index contributed by atoms with van der Waals surface area (Å²) in [7, 11) is 1.44. The maximum atomic E-state index is 13.8. The monoisotopic (exact) mass is 1100 g/mol. The zero-order valence-corrected chi connectivity index (χ0v) is 45.8. The first-order chi connectivity index (χ1) is 37.7. The van der Waals surface area contributed by atoms with Gasteiger partial charge in [0.25, 0.3) is 0 Å². The van der Waals surface area contributed by atoms with E-state index in [1.165, 1.54) is 64.8 Å². The second-order valence-electron chi connectivity index (χ2n) is 19.0. The van der Waals surface area contributed by atoms with Crippen LogP contribution in [0.25, 0.3) is 0 Å². The Bertz CT molecular complexity index is 2010. The van der Waals surface area contributed by atoms with E-state index in [0.29, 0.717) is 37.9 Å². The van der Waals surface area contributed by atoms with Gasteiger partial charge in [0.05, 0.1) is 33.0 Å². The molecule has 1 aromatic rings. The Hall–Kier alpha value is -6.45. The van der Waals surface area contributed by atoms with Gasteiger partial charge in [-0.25, -0.2) is 0 Å². The minimum absolute atomic E-state index is 0.0214. The number of aromatic nitrogens is 4. The van der Waals surface area contributed by atoms with Crippen molar-refractivity contribution in [3.8, 4) is 0 Å². The minimum atomic E-state index is -1.62. The lowest BCUT2D eigenvalue weighted by Gasteiger charge is -2.27. The van der Waals surface area contributed by atoms with Crippen LogP contribution < -0.4 is 54.0 Å². The van der Waals surface area contributed by atoms with Crippen LogP contribution in [-0.4, -0.2) is 175 Å². The number of nitrogens with two attached hydrogens (primary N) is 2. The van der Waals surface area contributed by atoms with Gasteiger partial charge in [-0.2, -0.15) is 5.21 Å². The number of tetrazole rings is 1. The van der Waals surface area contributed by atoms with Crippen molar-refractivity contribution in [3.63, 3.8) is 0 Å². The molecule has 0 saturated heterocycles. The summed E-state index contributed by atoms with van der Waals surface area (Å²) in [5.74, 6) is -5.50. The molecule has 2 heterocycles. The van der Waals surface area contributed by atoms with Gasteiger partial charge in [0.15, 0.2) is 5.82 Å². The number of carbonyl (C=O) groups excluding carboxylic acids is 9. The number of aryl methyl sites for hydroxylation is 1. The summed E-state index contributed by atoms with van der Waals surface area (Å²) in [6, 6.07) is -6.61. The number of aliphatic hydroxyl groups is 1. The first-order valence-electron chi connectivity index (χ1n) is 27.6. The lowest BCUT2D eigenvalue weighted by molar-refractivity contribution is -0.135. The van der Waals surface area contributed by atoms with Crippen molar-refractivity contribution in [1.82, 2.24) is 63.2 Å². The van der Waals surface area contributed by atoms with Crippen molar-refractivity contribution in [3.05, 3.63) is 17.6 Å². The number of primary amides is 1. The molecule has 27 heteroatoms. The fourth-order valence-corrected chi connectivity index (χ4v) is 8.10. The van der Waals surface area contributed by atoms with Gasteiger partial charge in [-0.1, -0.05) is 102 Å². The van der Waals surface area contributed by atoms with E-state index in [4.69, 9.17) is 20.9 Å². The molecule has 1 aromatic heterocycles. The van der Waals surface area contributed by atoms with Gasteiger partial charge in [0, 0.05) is 57.6 Å². The Kier molecular flexibility index (Phi) is 36.9. The van der Waals surface area contributed by atoms with E-state index < -0.39 is 104 Å². The standard InChI is InChI=1S/C51H89N15O12/c1-3-4-20-37(47(72)54-2)59-49(74)39(25-26-52)61-50(75)40(32-36-19-18-27-55-36)62-48(73)38(23-24-42(53)68)60-51(76)41(34-67)58-45(70)33-57-46(71)35-78-31-30-77-29-28-56-44(69)22-17-15-13-11-9-7-5-6-8-10-12-14-16-21-43-63-65-66-64-43/h19,27,37-41,67H,3-18,20-26,28-35,52H2,1-2H3,(H2,53,68)(H,54,72)(H,56,69)(H,57,71)(H,58,70)(H,59,74)(H,60,76)(H,61,75)(H,62,73)(H,63,64,65,66)/t37-,38-,39-,40-,41-/m0/s1. The van der Waals surface area contributed by atoms with Gasteiger partial charge >= 0.3 is 0 Å². The molecule has 0 bridgehead atoms. The first-order valence-corrected chi connectivity index (χ1v) is 27.6. The van der Waals surface area contributed by atoms with E-state index >= 15 is 0 Å². The first kappa shape index (κ1) is 67.7. The molecule has 1 aliphatic heterocycles. The van der Waals surface area contributed by atoms with Gasteiger partial charge < -0.3 is 68.6 Å². The quantitative estimate of drug-likeness (QED) is 0.0355. The van der Waals surface area contributed by atoms with E-state index in [0.717, 1.165) is 44.3 Å². The summed E-state index contributed by atoms with van der Waals surface area (Å²) >= 11 is 0. The predicted molar refractivity (Wildman–Crippen MR) is 288 cm³/mol. The lowest BCUT2D eigenvalue weighted by Crippen LogP contribution is -2.59. The van der Waals surface area contributed by atoms with Gasteiger partial charge in [-0.15, -0.1) is 10.2 Å². The fraction of sp³-hybridized carbons (Fsp3) is 0.745. The van der Waals surface area contributed by atoms with E-state index in [1.807, 2.05) is 6.92 Å². The van der Waals surface area contributed by atoms with Crippen LogP contribution in [0.15, 0.2) is 16.8 Å². The third-order valence-electron chi connectivity index (χ3n) is 12.5. The molecule has 0 radical (unpaired) electrons. The zero-order chi connectivity index (χ0) is 57.2. The molecule has 0 aromatic carbocycles. The number of allylic oxidation sites excluding steroid dienone is 1. The van der Waals surface area contributed by atoms with E-state index in [2.05, 4.69) is 68.2 Å². The summed E-state index contributed by atoms with van der Waals surface area (Å²) in [4.78, 5) is 120. The number of H-pyrrole nitrogens is 1. The number of ether oxygens (including phenoxy) is 2. The van der Waals surface area contributed by atoms with Crippen molar-refractivity contribution in [2.45, 2.75) is 185 Å². The zero-order valence-electron chi connectivity index (χ0n) is 45.8. The summed E-state index contributed by atoms with van der Waals surface area (Å²) in [5.41, 5.74) is 11.6. The third kappa shape index (κ3) is 31.7. The Morgan fingerprint density at radius 1 is 0.641 bits per heavy atom. The molecule has 0 fully saturated rings. The van der Waals surface area contributed by atoms with E-state index in [1.54, 1.807) is 12.3 Å². The molecule has 1 aliphatic rings. The number of nitrogens with zero attached hydrogens (tertiary/aromatic N) is 4. The number of hydrogen-bond acceptors (Lipinski definition) is 17. The Labute approximate surface area is 457 Å². The van der Waals surface area contributed by atoms with Crippen molar-refractivity contribution >= 4 is 59.4 Å². The van der Waals surface area contributed by atoms with Crippen molar-refractivity contribution in [2.75, 3.05) is 59.7 Å². The van der Waals surface area contributed by atoms with Crippen LogP contribution in [0, 0.1) is 0 Å². The second kappa shape index (κ2) is 42.6. The van der Waals surface area contributed by atoms with Crippen LogP contribution in [0.2, 0.25) is 0 Å². The summed E-state index contributed by atoms with van der Waals surface area (Å²) in [6.07, 6.45) is 21.2. The van der Waals surface area contributed by atoms with Gasteiger partial charge in [0.1, 0.15) is 36.8 Å². The van der Waals surface area contributed by atoms with Crippen molar-refractivity contribution < 1.29 is 57.7 Å². The molecule has 0 spiro atoms. The van der Waals surface area contributed by atoms with E-state index in [-0.39, 0.29) is 51.5 Å². The largest absolute Gasteiger partial charge is 0.394 e. The van der Waals surface area contributed by atoms with Gasteiger partial charge in [0.2, 0.25) is 53.2 Å². The number of likely N-dealkylation sites (N-methyl/N-ethyl adjacent to an activating group) is 1. The molecule has 0 saturated carbocycles. The number of carbonyl (C=O) groups is 9. The molecular formula is C51H89N15O12. The highest BCUT2D eigenvalue weighted by Crippen LogP contribution is 2.16. The number of nitrogens with one attached hydrogen (secondary N) is 9. The highest BCUT2D eigenvalue weighted by Gasteiger charge is 2.33. The maximum Gasteiger partial charge on any atom is 0.246 e. The molecule has 0 unspecified atom stereocenters. The summed E-state index contributed by atoms with van der Waals surface area (Å²) in [5, 5.41) is 44.2. The number of aliphatic hydroxyl groups excluding tert-OH is 1. The molecular weight excluding hydrogens is 1010 g/mol. The number of hydrogen-bond donors (Lipinski definition) is 12. The Balaban J connectivity index is 1.69. The highest BCUT2D eigenvalue weighted by atomic mass is 16.5. The maximum absolute atomic E-state index is 13.8. The molecule has 5 atom stereocenters. The summed E-state index contributed by atoms with van der Waals surface area (Å²) < 4.78 is 10.8. The predicted octanol–water partition coefficient (Wildman–Crippen LogP) is -0.816. The number of aliphatic imine (C=N–C) groups is 1. The molecule has 440 valence electrons. The number of unbranched alkanes of at least 4 members (excludes halogenated alkanes) is 13. The molecule has 9 amide bonds. The van der Waals surface area contributed by atoms with Crippen LogP contribution in [-0.2, 0) is 59.0 Å². The van der Waals surface area contributed by atoms with Gasteiger partial charge in [-0.3, -0.25) is 48.1 Å². The summed E-state index contributed by atoms with van der Waals surface area (Å²) in [6.45, 7) is 0.742. The van der Waals surface area contributed by atoms with Crippen LogP contribution in [0.5, 0.6) is 0 Å². The van der Waals surface area contributed by atoms with Gasteiger partial charge in [-0.05, 0) is 38.6 Å². The molecule has 78 heavy (non-hydrogen) atoms. The number of amides is 9. The van der Waals surface area contributed by atoms with Crippen LogP contribution in [0.4, 0.5) is 0 Å². The average molecular weight is 1100 g/mol. The normalized spacial score (nSPS) is 13.7. The van der Waals surface area contributed by atoms with Crippen LogP contribution in [0.3, 0.4) is 0 Å². The smallest absolute Gasteiger partial charge is 0.246 e. The second-order valence-corrected chi connectivity index (χ2v) is 19.0. The topological polar surface area (TPSA) is 407 Å². The highest BCUT2D eigenvalue weighted by molar-refractivity contribution is 5.97. The molecule has 2 rings (SSSR count). The number of rotatable bonds is 47. The SMILES string of the molecule is CCCC[C@H](NC(=O)[C@H](CCN)NC(=O)[C@H](CC1=CCC=N1)NC(=O)[C@H](CCC(N)=O)NC(=O)[C@H](CO)NC(=O)CNC(=O)COCCOCCNC(=O)CCCCCCCCCCCCCCCc1nn[nH]n1)C(=O)NC. The molecule has 14 N–H and O–H groups in total. The van der Waals surface area contributed by atoms with Crippen LogP contribution >= 0.6 is 0 Å². The number of aromatic amines is 1. The fourth-order valence-electron chi connectivity index (χ4n) is 8.10. The van der Waals surface area contributed by atoms with E-state index in [9.17, 15) is 48.3 Å². The Morgan fingerprint density at radius 2 is 1.22 bits per heavy atom. The van der Waals surface area contributed by atoms with Crippen LogP contribution in [0.1, 0.15) is 154 Å².